The lowest BCUT2D eigenvalue weighted by atomic mass is 9.96. The number of fused-ring (bicyclic) bond motifs is 1. The lowest BCUT2D eigenvalue weighted by Crippen LogP contribution is -2.45. The summed E-state index contributed by atoms with van der Waals surface area (Å²) in [6, 6.07) is 21.3. The van der Waals surface area contributed by atoms with Gasteiger partial charge in [-0.05, 0) is 66.3 Å². The summed E-state index contributed by atoms with van der Waals surface area (Å²) in [5, 5.41) is 2.77. The highest BCUT2D eigenvalue weighted by Crippen LogP contribution is 2.39. The highest BCUT2D eigenvalue weighted by Gasteiger charge is 2.37. The monoisotopic (exact) mass is 595 g/mol. The van der Waals surface area contributed by atoms with Crippen LogP contribution in [-0.2, 0) is 16.4 Å². The van der Waals surface area contributed by atoms with Crippen molar-refractivity contribution in [1.29, 1.82) is 0 Å². The van der Waals surface area contributed by atoms with Crippen molar-refractivity contribution in [3.05, 3.63) is 99.5 Å². The summed E-state index contributed by atoms with van der Waals surface area (Å²) in [6.07, 6.45) is 5.52. The van der Waals surface area contributed by atoms with Gasteiger partial charge in [-0.1, -0.05) is 77.7 Å². The maximum absolute atomic E-state index is 13.3. The number of hydrogen-bond donors (Lipinski definition) is 2. The Morgan fingerprint density at radius 1 is 0.947 bits per heavy atom. The molecule has 38 heavy (non-hydrogen) atoms. The molecule has 2 N–H and O–H groups in total. The topological polar surface area (TPSA) is 95.6 Å². The van der Waals surface area contributed by atoms with E-state index >= 15 is 0 Å². The number of rotatable bonds is 7. The van der Waals surface area contributed by atoms with Crippen molar-refractivity contribution in [3.8, 4) is 0 Å². The first-order valence-corrected chi connectivity index (χ1v) is 15.2. The molecule has 1 saturated carbocycles. The Balaban J connectivity index is 1.26. The molecule has 5 rings (SSSR count). The lowest BCUT2D eigenvalue weighted by Gasteiger charge is -2.26. The van der Waals surface area contributed by atoms with Gasteiger partial charge >= 0.3 is 6.03 Å². The van der Waals surface area contributed by atoms with Gasteiger partial charge in [0.2, 0.25) is 0 Å². The van der Waals surface area contributed by atoms with Crippen LogP contribution in [0.1, 0.15) is 65.2 Å². The van der Waals surface area contributed by atoms with Crippen LogP contribution in [0.2, 0.25) is 0 Å². The predicted octanol–water partition coefficient (Wildman–Crippen LogP) is 5.56. The third kappa shape index (κ3) is 5.78. The first kappa shape index (κ1) is 26.4. The number of urea groups is 1. The molecule has 2 aliphatic rings. The molecule has 0 spiro atoms. The summed E-state index contributed by atoms with van der Waals surface area (Å²) in [4.78, 5) is 27.5. The number of halogens is 1. The molecular formula is C29H30BrN3O4S. The van der Waals surface area contributed by atoms with Crippen molar-refractivity contribution >= 4 is 37.9 Å². The van der Waals surface area contributed by atoms with Crippen LogP contribution in [0.25, 0.3) is 0 Å². The molecule has 1 heterocycles. The highest BCUT2D eigenvalue weighted by molar-refractivity contribution is 9.10. The first-order chi connectivity index (χ1) is 18.3. The van der Waals surface area contributed by atoms with E-state index in [9.17, 15) is 18.0 Å². The summed E-state index contributed by atoms with van der Waals surface area (Å²) in [7, 11) is -3.98. The highest BCUT2D eigenvalue weighted by atomic mass is 79.9. The van der Waals surface area contributed by atoms with E-state index in [1.54, 1.807) is 12.1 Å². The zero-order chi connectivity index (χ0) is 26.7. The average molecular weight is 597 g/mol. The average Bonchev–Trinajstić information content (AvgIpc) is 3.18. The maximum atomic E-state index is 13.3. The Morgan fingerprint density at radius 3 is 2.37 bits per heavy atom. The summed E-state index contributed by atoms with van der Waals surface area (Å²) < 4.78 is 28.5. The smallest absolute Gasteiger partial charge is 0.328 e. The van der Waals surface area contributed by atoms with E-state index < -0.39 is 16.1 Å². The minimum Gasteiger partial charge on any atom is -0.335 e. The molecule has 1 unspecified atom stereocenters. The standard InChI is InChI=1S/C29H30BrN3O4S/c30-22-13-16-25-26(19-22)27(21-7-3-1-4-8-21)33(28(25)34)18-17-20-11-14-24(15-12-20)38(36,37)32-29(35)31-23-9-5-2-6-10-23/h1,3-4,7-8,11-16,19,23,27H,2,5-6,9-10,17-18H2,(H2,31,32,35). The van der Waals surface area contributed by atoms with Crippen molar-refractivity contribution in [3.63, 3.8) is 0 Å². The SMILES string of the molecule is O=C(NC1CCCCC1)NS(=O)(=O)c1ccc(CCN2C(=O)c3ccc(Br)cc3C2c2ccccc2)cc1. The molecule has 1 aliphatic heterocycles. The number of carbonyl (C=O) groups excluding carboxylic acids is 2. The molecule has 1 fully saturated rings. The van der Waals surface area contributed by atoms with Gasteiger partial charge in [-0.15, -0.1) is 0 Å². The second kappa shape index (κ2) is 11.3. The summed E-state index contributed by atoms with van der Waals surface area (Å²) in [5.41, 5.74) is 3.60. The van der Waals surface area contributed by atoms with Crippen molar-refractivity contribution in [2.24, 2.45) is 0 Å². The van der Waals surface area contributed by atoms with E-state index in [-0.39, 0.29) is 22.9 Å². The van der Waals surface area contributed by atoms with E-state index in [0.29, 0.717) is 18.5 Å². The van der Waals surface area contributed by atoms with Crippen LogP contribution >= 0.6 is 15.9 Å². The number of nitrogens with one attached hydrogen (secondary N) is 2. The zero-order valence-corrected chi connectivity index (χ0v) is 23.3. The van der Waals surface area contributed by atoms with Gasteiger partial charge in [-0.3, -0.25) is 4.79 Å². The van der Waals surface area contributed by atoms with Crippen LogP contribution in [0, 0.1) is 0 Å². The van der Waals surface area contributed by atoms with Gasteiger partial charge in [0.1, 0.15) is 0 Å². The molecule has 198 valence electrons. The molecule has 0 saturated heterocycles. The fraction of sp³-hybridized carbons (Fsp3) is 0.310. The number of amides is 3. The second-order valence-corrected chi connectivity index (χ2v) is 12.4. The molecule has 1 aliphatic carbocycles. The van der Waals surface area contributed by atoms with E-state index in [1.807, 2.05) is 53.4 Å². The Hall–Kier alpha value is -3.17. The maximum Gasteiger partial charge on any atom is 0.328 e. The largest absolute Gasteiger partial charge is 0.335 e. The van der Waals surface area contributed by atoms with Crippen LogP contribution in [0.5, 0.6) is 0 Å². The summed E-state index contributed by atoms with van der Waals surface area (Å²) >= 11 is 3.53. The minimum atomic E-state index is -3.98. The molecule has 9 heteroatoms. The Morgan fingerprint density at radius 2 is 1.66 bits per heavy atom. The van der Waals surface area contributed by atoms with Crippen molar-refractivity contribution < 1.29 is 18.0 Å². The quantitative estimate of drug-likeness (QED) is 0.374. The summed E-state index contributed by atoms with van der Waals surface area (Å²) in [6.45, 7) is 0.471. The fourth-order valence-corrected chi connectivity index (χ4v) is 6.64. The minimum absolute atomic E-state index is 0.0154. The van der Waals surface area contributed by atoms with Crippen LogP contribution < -0.4 is 10.0 Å². The van der Waals surface area contributed by atoms with Crippen LogP contribution in [0.15, 0.2) is 82.2 Å². The number of benzene rings is 3. The molecule has 0 radical (unpaired) electrons. The predicted molar refractivity (Wildman–Crippen MR) is 149 cm³/mol. The van der Waals surface area contributed by atoms with Crippen molar-refractivity contribution in [1.82, 2.24) is 14.9 Å². The Bertz CT molecular complexity index is 1420. The van der Waals surface area contributed by atoms with Gasteiger partial charge < -0.3 is 10.2 Å². The molecule has 1 atom stereocenters. The number of nitrogens with zero attached hydrogens (tertiary/aromatic N) is 1. The number of hydrogen-bond acceptors (Lipinski definition) is 4. The molecule has 7 nitrogen and oxygen atoms in total. The number of sulfonamides is 1. The van der Waals surface area contributed by atoms with Crippen LogP contribution in [-0.4, -0.2) is 37.8 Å². The van der Waals surface area contributed by atoms with Gasteiger partial charge in [0.05, 0.1) is 10.9 Å². The first-order valence-electron chi connectivity index (χ1n) is 12.9. The Labute approximate surface area is 231 Å². The van der Waals surface area contributed by atoms with Crippen LogP contribution in [0.4, 0.5) is 4.79 Å². The zero-order valence-electron chi connectivity index (χ0n) is 20.9. The van der Waals surface area contributed by atoms with Gasteiger partial charge in [-0.2, -0.15) is 0 Å². The van der Waals surface area contributed by atoms with Crippen molar-refractivity contribution in [2.45, 2.75) is 55.5 Å². The lowest BCUT2D eigenvalue weighted by molar-refractivity contribution is 0.0751. The van der Waals surface area contributed by atoms with Gasteiger partial charge in [0.25, 0.3) is 15.9 Å². The van der Waals surface area contributed by atoms with E-state index in [0.717, 1.165) is 53.3 Å². The number of carbonyl (C=O) groups is 2. The third-order valence-corrected chi connectivity index (χ3v) is 9.11. The third-order valence-electron chi connectivity index (χ3n) is 7.27. The molecule has 3 aromatic carbocycles. The van der Waals surface area contributed by atoms with E-state index in [2.05, 4.69) is 26.0 Å². The van der Waals surface area contributed by atoms with E-state index in [4.69, 9.17) is 0 Å². The van der Waals surface area contributed by atoms with Crippen LogP contribution in [0.3, 0.4) is 0 Å². The Kier molecular flexibility index (Phi) is 7.85. The van der Waals surface area contributed by atoms with Gasteiger partial charge in [0, 0.05) is 22.6 Å². The van der Waals surface area contributed by atoms with Gasteiger partial charge in [0.15, 0.2) is 0 Å². The molecular weight excluding hydrogens is 566 g/mol. The second-order valence-electron chi connectivity index (χ2n) is 9.85. The summed E-state index contributed by atoms with van der Waals surface area (Å²) in [5.74, 6) is -0.0197. The normalized spacial score (nSPS) is 17.8. The van der Waals surface area contributed by atoms with Crippen molar-refractivity contribution in [2.75, 3.05) is 6.54 Å². The molecule has 0 bridgehead atoms. The fourth-order valence-electron chi connectivity index (χ4n) is 5.35. The molecule has 3 amide bonds. The van der Waals surface area contributed by atoms with E-state index in [1.165, 1.54) is 12.1 Å². The molecule has 0 aromatic heterocycles. The van der Waals surface area contributed by atoms with Gasteiger partial charge in [-0.25, -0.2) is 17.9 Å². The molecule has 3 aromatic rings.